The number of sulfone groups is 1. The predicted molar refractivity (Wildman–Crippen MR) is 105 cm³/mol. The first-order valence-electron chi connectivity index (χ1n) is 9.20. The summed E-state index contributed by atoms with van der Waals surface area (Å²) in [6.45, 7) is 3.32. The first kappa shape index (κ1) is 23.9. The smallest absolute Gasteiger partial charge is 0.316 e. The Kier molecular flexibility index (Phi) is 6.15. The van der Waals surface area contributed by atoms with E-state index in [1.54, 1.807) is 13.8 Å². The highest BCUT2D eigenvalue weighted by molar-refractivity contribution is 8.16. The average molecular weight is 488 g/mol. The lowest BCUT2D eigenvalue weighted by molar-refractivity contribution is -0.143. The number of amidine groups is 1. The molecule has 1 aromatic carbocycles. The number of anilines is 1. The third-order valence-corrected chi connectivity index (χ3v) is 8.37. The molecule has 1 amide bonds. The lowest BCUT2D eigenvalue weighted by Crippen LogP contribution is -2.38. The Morgan fingerprint density at radius 1 is 1.13 bits per heavy atom. The number of amides is 1. The molecule has 13 heteroatoms. The van der Waals surface area contributed by atoms with Gasteiger partial charge in [-0.15, -0.1) is 0 Å². The topological polar surface area (TPSA) is 66.8 Å². The van der Waals surface area contributed by atoms with Gasteiger partial charge in [0.25, 0.3) is 5.91 Å². The molecule has 1 aromatic rings. The summed E-state index contributed by atoms with van der Waals surface area (Å²) in [6, 6.07) is 0.109. The number of carbonyl (C=O) groups excluding carboxylic acids is 1. The lowest BCUT2D eigenvalue weighted by atomic mass is 10.1. The van der Waals surface area contributed by atoms with Crippen LogP contribution in [0.2, 0.25) is 0 Å². The van der Waals surface area contributed by atoms with E-state index in [-0.39, 0.29) is 17.0 Å². The predicted octanol–water partition coefficient (Wildman–Crippen LogP) is 4.37. The van der Waals surface area contributed by atoms with Crippen molar-refractivity contribution < 1.29 is 39.6 Å². The fourth-order valence-corrected chi connectivity index (χ4v) is 7.24. The van der Waals surface area contributed by atoms with E-state index < -0.39 is 67.9 Å². The molecule has 2 aliphatic rings. The highest BCUT2D eigenvalue weighted by Gasteiger charge is 2.50. The van der Waals surface area contributed by atoms with E-state index in [9.17, 15) is 39.6 Å². The number of hydrogen-bond acceptors (Lipinski definition) is 4. The van der Waals surface area contributed by atoms with Gasteiger partial charge in [0.15, 0.2) is 15.0 Å². The van der Waals surface area contributed by atoms with Crippen molar-refractivity contribution in [2.45, 2.75) is 43.9 Å². The molecular formula is C18H18F6N2O3S2. The zero-order valence-corrected chi connectivity index (χ0v) is 17.9. The summed E-state index contributed by atoms with van der Waals surface area (Å²) in [7, 11) is -3.54. The average Bonchev–Trinajstić information content (AvgIpc) is 3.09. The van der Waals surface area contributed by atoms with Crippen molar-refractivity contribution in [2.24, 2.45) is 10.9 Å². The number of benzene rings is 1. The van der Waals surface area contributed by atoms with Crippen LogP contribution < -0.4 is 4.90 Å². The number of alkyl halides is 6. The summed E-state index contributed by atoms with van der Waals surface area (Å²) in [4.78, 5) is 17.3. The molecule has 0 aromatic heterocycles. The molecule has 0 spiro atoms. The molecule has 172 valence electrons. The molecule has 2 heterocycles. The molecule has 31 heavy (non-hydrogen) atoms. The minimum absolute atomic E-state index is 0.00326. The molecule has 0 saturated carbocycles. The highest BCUT2D eigenvalue weighted by Crippen LogP contribution is 2.44. The van der Waals surface area contributed by atoms with Crippen molar-refractivity contribution in [3.05, 3.63) is 29.3 Å². The van der Waals surface area contributed by atoms with Crippen molar-refractivity contribution in [2.75, 3.05) is 16.4 Å². The number of aliphatic imine (C=N–C) groups is 1. The number of nitrogens with zero attached hydrogens (tertiary/aromatic N) is 2. The van der Waals surface area contributed by atoms with Crippen LogP contribution in [0.25, 0.3) is 0 Å². The van der Waals surface area contributed by atoms with Gasteiger partial charge in [-0.05, 0) is 24.6 Å². The van der Waals surface area contributed by atoms with Gasteiger partial charge in [0.05, 0.1) is 28.7 Å². The monoisotopic (exact) mass is 488 g/mol. The van der Waals surface area contributed by atoms with E-state index in [2.05, 4.69) is 4.99 Å². The molecular weight excluding hydrogens is 470 g/mol. The van der Waals surface area contributed by atoms with Crippen LogP contribution in [-0.4, -0.2) is 42.3 Å². The van der Waals surface area contributed by atoms with Gasteiger partial charge in [-0.1, -0.05) is 25.6 Å². The second kappa shape index (κ2) is 7.98. The Morgan fingerprint density at radius 3 is 2.16 bits per heavy atom. The maximum atomic E-state index is 13.3. The second-order valence-electron chi connectivity index (χ2n) is 7.48. The summed E-state index contributed by atoms with van der Waals surface area (Å²) in [5, 5.41) is -0.750. The van der Waals surface area contributed by atoms with Crippen LogP contribution in [0.15, 0.2) is 23.2 Å². The van der Waals surface area contributed by atoms with E-state index in [4.69, 9.17) is 0 Å². The van der Waals surface area contributed by atoms with Crippen LogP contribution in [0.3, 0.4) is 0 Å². The molecule has 3 rings (SSSR count). The molecule has 0 bridgehead atoms. The van der Waals surface area contributed by atoms with Crippen molar-refractivity contribution in [3.63, 3.8) is 0 Å². The van der Waals surface area contributed by atoms with Gasteiger partial charge in [-0.3, -0.25) is 4.79 Å². The molecule has 0 unspecified atom stereocenters. The Labute approximate surface area is 178 Å². The van der Waals surface area contributed by atoms with Crippen molar-refractivity contribution in [1.29, 1.82) is 0 Å². The number of carbonyl (C=O) groups is 1. The van der Waals surface area contributed by atoms with E-state index in [1.807, 2.05) is 0 Å². The van der Waals surface area contributed by atoms with Gasteiger partial charge in [-0.25, -0.2) is 8.42 Å². The summed E-state index contributed by atoms with van der Waals surface area (Å²) in [5.41, 5.74) is -3.56. The Balaban J connectivity index is 2.17. The molecule has 0 N–H and O–H groups in total. The SMILES string of the molecule is CC[C@H](C)C(=O)N=C1S[C@H]2CS(=O)(=O)C[C@H]2N1c1cc(C(F)(F)F)cc(C(F)(F)F)c1. The molecule has 2 saturated heterocycles. The van der Waals surface area contributed by atoms with E-state index >= 15 is 0 Å². The first-order valence-corrected chi connectivity index (χ1v) is 11.9. The Hall–Kier alpha value is -1.76. The number of thioether (sulfide) groups is 1. The zero-order chi connectivity index (χ0) is 23.4. The summed E-state index contributed by atoms with van der Waals surface area (Å²) in [5.74, 6) is -1.86. The van der Waals surface area contributed by atoms with Gasteiger partial charge in [0.1, 0.15) is 0 Å². The normalized spacial score (nSPS) is 25.7. The van der Waals surface area contributed by atoms with Gasteiger partial charge in [0.2, 0.25) is 0 Å². The summed E-state index contributed by atoms with van der Waals surface area (Å²) >= 11 is 0.883. The van der Waals surface area contributed by atoms with Crippen LogP contribution in [0.1, 0.15) is 31.4 Å². The van der Waals surface area contributed by atoms with E-state index in [0.717, 1.165) is 16.7 Å². The molecule has 0 radical (unpaired) electrons. The largest absolute Gasteiger partial charge is 0.416 e. The third kappa shape index (κ3) is 5.02. The van der Waals surface area contributed by atoms with Crippen LogP contribution in [0.4, 0.5) is 32.0 Å². The number of halogens is 6. The van der Waals surface area contributed by atoms with Crippen LogP contribution in [-0.2, 0) is 27.0 Å². The fourth-order valence-electron chi connectivity index (χ4n) is 3.32. The van der Waals surface area contributed by atoms with Gasteiger partial charge >= 0.3 is 12.4 Å². The highest BCUT2D eigenvalue weighted by atomic mass is 32.2. The third-order valence-electron chi connectivity index (χ3n) is 5.16. The number of hydrogen-bond donors (Lipinski definition) is 0. The maximum absolute atomic E-state index is 13.3. The summed E-state index contributed by atoms with van der Waals surface area (Å²) in [6.07, 6.45) is -9.69. The van der Waals surface area contributed by atoms with E-state index in [0.29, 0.717) is 18.6 Å². The minimum atomic E-state index is -5.06. The second-order valence-corrected chi connectivity index (χ2v) is 10.8. The van der Waals surface area contributed by atoms with Crippen molar-refractivity contribution >= 4 is 38.4 Å². The molecule has 5 nitrogen and oxygen atoms in total. The first-order chi connectivity index (χ1) is 14.1. The summed E-state index contributed by atoms with van der Waals surface area (Å²) < 4.78 is 104. The van der Waals surface area contributed by atoms with Gasteiger partial charge < -0.3 is 4.90 Å². The maximum Gasteiger partial charge on any atom is 0.416 e. The lowest BCUT2D eigenvalue weighted by Gasteiger charge is -2.26. The van der Waals surface area contributed by atoms with Crippen molar-refractivity contribution in [1.82, 2.24) is 0 Å². The van der Waals surface area contributed by atoms with Gasteiger partial charge in [0, 0.05) is 16.9 Å². The van der Waals surface area contributed by atoms with Crippen LogP contribution in [0.5, 0.6) is 0 Å². The molecule has 0 aliphatic carbocycles. The van der Waals surface area contributed by atoms with Crippen molar-refractivity contribution in [3.8, 4) is 0 Å². The van der Waals surface area contributed by atoms with E-state index in [1.165, 1.54) is 0 Å². The minimum Gasteiger partial charge on any atom is -0.316 e. The van der Waals surface area contributed by atoms with Crippen LogP contribution >= 0.6 is 11.8 Å². The standard InChI is InChI=1S/C18H18F6N2O3S2/c1-3-9(2)15(27)25-16-26(13-7-31(28,29)8-14(13)30-16)12-5-10(17(19,20)21)4-11(6-12)18(22,23)24/h4-6,9,13-14H,3,7-8H2,1-2H3/t9-,13+,14-/m0/s1. The number of rotatable bonds is 3. The molecule has 3 atom stereocenters. The fraction of sp³-hybridized carbons (Fsp3) is 0.556. The quantitative estimate of drug-likeness (QED) is 0.592. The van der Waals surface area contributed by atoms with Crippen LogP contribution in [0, 0.1) is 5.92 Å². The van der Waals surface area contributed by atoms with Gasteiger partial charge in [-0.2, -0.15) is 31.3 Å². The molecule has 2 aliphatic heterocycles. The zero-order valence-electron chi connectivity index (χ0n) is 16.3. The molecule has 2 fully saturated rings. The Morgan fingerprint density at radius 2 is 1.68 bits per heavy atom. The Bertz CT molecular complexity index is 988. The number of fused-ring (bicyclic) bond motifs is 1.